The van der Waals surface area contributed by atoms with Gasteiger partial charge in [-0.2, -0.15) is 0 Å². The molecule has 0 saturated carbocycles. The van der Waals surface area contributed by atoms with Crippen LogP contribution in [0, 0.1) is 0 Å². The fourth-order valence-corrected chi connectivity index (χ4v) is 3.61. The molecular formula is C27H27N3O. The lowest BCUT2D eigenvalue weighted by Gasteiger charge is -2.23. The maximum Gasteiger partial charge on any atom is 0.251 e. The number of nitrogens with one attached hydrogen (secondary N) is 2. The van der Waals surface area contributed by atoms with Crippen LogP contribution < -0.4 is 10.6 Å². The Kier molecular flexibility index (Phi) is 5.72. The average molecular weight is 410 g/mol. The molecule has 4 aromatic rings. The number of fused-ring (bicyclic) bond motifs is 1. The van der Waals surface area contributed by atoms with Gasteiger partial charge in [0.1, 0.15) is 6.04 Å². The molecule has 3 aromatic carbocycles. The summed E-state index contributed by atoms with van der Waals surface area (Å²) in [5.74, 6) is -0.114. The third kappa shape index (κ3) is 4.75. The van der Waals surface area contributed by atoms with E-state index in [0.29, 0.717) is 0 Å². The first kappa shape index (κ1) is 20.6. The van der Waals surface area contributed by atoms with Gasteiger partial charge in [0, 0.05) is 34.5 Å². The minimum atomic E-state index is -0.534. The van der Waals surface area contributed by atoms with E-state index in [1.165, 1.54) is 5.56 Å². The second-order valence-electron chi connectivity index (χ2n) is 8.71. The molecule has 31 heavy (non-hydrogen) atoms. The Hall–Kier alpha value is -3.66. The summed E-state index contributed by atoms with van der Waals surface area (Å²) in [7, 11) is 0. The summed E-state index contributed by atoms with van der Waals surface area (Å²) < 4.78 is 0. The Labute approximate surface area is 183 Å². The van der Waals surface area contributed by atoms with Gasteiger partial charge in [-0.05, 0) is 40.8 Å². The standard InChI is InChI=1S/C27H27N3O/c1-27(2,3)21-14-12-19(13-15-21)25(29-22-9-5-4-6-10-22)26(31)30-24-11-7-8-20-18-28-17-16-23(20)24/h4-18,25,29H,1-3H3,(H,30,31). The monoisotopic (exact) mass is 409 g/mol. The number of benzene rings is 3. The maximum absolute atomic E-state index is 13.5. The lowest BCUT2D eigenvalue weighted by atomic mass is 9.86. The molecule has 0 radical (unpaired) electrons. The van der Waals surface area contributed by atoms with Crippen molar-refractivity contribution in [3.63, 3.8) is 0 Å². The normalized spacial score (nSPS) is 12.4. The van der Waals surface area contributed by atoms with Gasteiger partial charge in [-0.25, -0.2) is 0 Å². The number of amides is 1. The van der Waals surface area contributed by atoms with Crippen LogP contribution in [0.25, 0.3) is 10.8 Å². The van der Waals surface area contributed by atoms with E-state index in [2.05, 4.69) is 48.5 Å². The minimum Gasteiger partial charge on any atom is -0.370 e. The summed E-state index contributed by atoms with van der Waals surface area (Å²) in [6, 6.07) is 25.3. The number of para-hydroxylation sites is 1. The Morgan fingerprint density at radius 3 is 2.32 bits per heavy atom. The molecule has 0 spiro atoms. The molecule has 4 nitrogen and oxygen atoms in total. The van der Waals surface area contributed by atoms with Gasteiger partial charge >= 0.3 is 0 Å². The smallest absolute Gasteiger partial charge is 0.251 e. The van der Waals surface area contributed by atoms with Crippen molar-refractivity contribution in [2.24, 2.45) is 0 Å². The van der Waals surface area contributed by atoms with Crippen LogP contribution in [-0.4, -0.2) is 10.9 Å². The molecule has 1 aromatic heterocycles. The maximum atomic E-state index is 13.5. The first-order valence-corrected chi connectivity index (χ1v) is 10.5. The SMILES string of the molecule is CC(C)(C)c1ccc(C(Nc2ccccc2)C(=O)Nc2cccc3cnccc23)cc1. The first-order valence-electron chi connectivity index (χ1n) is 10.5. The van der Waals surface area contributed by atoms with E-state index in [1.807, 2.05) is 66.7 Å². The molecule has 0 fully saturated rings. The van der Waals surface area contributed by atoms with Crippen LogP contribution in [0.5, 0.6) is 0 Å². The van der Waals surface area contributed by atoms with Gasteiger partial charge in [-0.15, -0.1) is 0 Å². The predicted molar refractivity (Wildman–Crippen MR) is 128 cm³/mol. The van der Waals surface area contributed by atoms with Gasteiger partial charge in [0.2, 0.25) is 0 Å². The van der Waals surface area contributed by atoms with E-state index in [-0.39, 0.29) is 11.3 Å². The molecule has 2 N–H and O–H groups in total. The zero-order valence-corrected chi connectivity index (χ0v) is 18.1. The van der Waals surface area contributed by atoms with Crippen LogP contribution >= 0.6 is 0 Å². The molecule has 1 atom stereocenters. The van der Waals surface area contributed by atoms with Crippen molar-refractivity contribution in [1.82, 2.24) is 4.98 Å². The number of anilines is 2. The molecule has 4 rings (SSSR count). The quantitative estimate of drug-likeness (QED) is 0.405. The first-order chi connectivity index (χ1) is 14.9. The summed E-state index contributed by atoms with van der Waals surface area (Å²) in [5, 5.41) is 8.47. The molecule has 1 unspecified atom stereocenters. The van der Waals surface area contributed by atoms with Crippen LogP contribution in [0.2, 0.25) is 0 Å². The third-order valence-corrected chi connectivity index (χ3v) is 5.40. The van der Waals surface area contributed by atoms with Crippen LogP contribution in [0.15, 0.2) is 91.3 Å². The van der Waals surface area contributed by atoms with Gasteiger partial charge in [0.05, 0.1) is 0 Å². The molecule has 1 heterocycles. The van der Waals surface area contributed by atoms with Gasteiger partial charge in [0.15, 0.2) is 0 Å². The number of rotatable bonds is 5. The molecule has 0 aliphatic carbocycles. The van der Waals surface area contributed by atoms with Gasteiger partial charge in [0.25, 0.3) is 5.91 Å². The highest BCUT2D eigenvalue weighted by Crippen LogP contribution is 2.28. The number of carbonyl (C=O) groups is 1. The zero-order valence-electron chi connectivity index (χ0n) is 18.1. The number of aromatic nitrogens is 1. The number of nitrogens with zero attached hydrogens (tertiary/aromatic N) is 1. The van der Waals surface area contributed by atoms with Crippen LogP contribution in [0.3, 0.4) is 0 Å². The predicted octanol–water partition coefficient (Wildman–Crippen LogP) is 6.32. The topological polar surface area (TPSA) is 54.0 Å². The fourth-order valence-electron chi connectivity index (χ4n) is 3.61. The van der Waals surface area contributed by atoms with Crippen LogP contribution in [0.1, 0.15) is 37.9 Å². The van der Waals surface area contributed by atoms with Crippen molar-refractivity contribution in [2.75, 3.05) is 10.6 Å². The largest absolute Gasteiger partial charge is 0.370 e. The van der Waals surface area contributed by atoms with Crippen LogP contribution in [0.4, 0.5) is 11.4 Å². The molecule has 0 aliphatic rings. The van der Waals surface area contributed by atoms with E-state index in [9.17, 15) is 4.79 Å². The number of pyridine rings is 1. The van der Waals surface area contributed by atoms with Gasteiger partial charge < -0.3 is 10.6 Å². The van der Waals surface area contributed by atoms with Crippen molar-refractivity contribution < 1.29 is 4.79 Å². The molecule has 156 valence electrons. The molecule has 0 saturated heterocycles. The van der Waals surface area contributed by atoms with E-state index in [4.69, 9.17) is 0 Å². The van der Waals surface area contributed by atoms with Crippen LogP contribution in [-0.2, 0) is 10.2 Å². The fraction of sp³-hybridized carbons (Fsp3) is 0.185. The summed E-state index contributed by atoms with van der Waals surface area (Å²) >= 11 is 0. The molecular weight excluding hydrogens is 382 g/mol. The summed E-state index contributed by atoms with van der Waals surface area (Å²) in [6.45, 7) is 6.55. The highest BCUT2D eigenvalue weighted by atomic mass is 16.2. The molecule has 0 aliphatic heterocycles. The van der Waals surface area contributed by atoms with Crippen molar-refractivity contribution in [3.8, 4) is 0 Å². The second-order valence-corrected chi connectivity index (χ2v) is 8.71. The zero-order chi connectivity index (χ0) is 21.8. The molecule has 1 amide bonds. The Balaban J connectivity index is 1.67. The Bertz CT molecular complexity index is 1170. The second kappa shape index (κ2) is 8.60. The lowest BCUT2D eigenvalue weighted by Crippen LogP contribution is -2.27. The minimum absolute atomic E-state index is 0.0557. The van der Waals surface area contributed by atoms with E-state index in [1.54, 1.807) is 12.4 Å². The molecule has 0 bridgehead atoms. The van der Waals surface area contributed by atoms with Crippen molar-refractivity contribution >= 4 is 28.1 Å². The number of carbonyl (C=O) groups excluding carboxylic acids is 1. The Morgan fingerprint density at radius 2 is 1.61 bits per heavy atom. The average Bonchev–Trinajstić information content (AvgIpc) is 2.78. The summed E-state index contributed by atoms with van der Waals surface area (Å²) in [6.07, 6.45) is 3.54. The van der Waals surface area contributed by atoms with Gasteiger partial charge in [-0.3, -0.25) is 9.78 Å². The summed E-state index contributed by atoms with van der Waals surface area (Å²) in [4.78, 5) is 17.6. The van der Waals surface area contributed by atoms with Crippen molar-refractivity contribution in [2.45, 2.75) is 32.2 Å². The summed E-state index contributed by atoms with van der Waals surface area (Å²) in [5.41, 5.74) is 3.87. The number of hydrogen-bond donors (Lipinski definition) is 2. The highest BCUT2D eigenvalue weighted by Gasteiger charge is 2.22. The molecule has 4 heteroatoms. The third-order valence-electron chi connectivity index (χ3n) is 5.40. The van der Waals surface area contributed by atoms with Crippen molar-refractivity contribution in [1.29, 1.82) is 0 Å². The van der Waals surface area contributed by atoms with E-state index < -0.39 is 6.04 Å². The lowest BCUT2D eigenvalue weighted by molar-refractivity contribution is -0.117. The van der Waals surface area contributed by atoms with E-state index in [0.717, 1.165) is 27.7 Å². The van der Waals surface area contributed by atoms with Gasteiger partial charge in [-0.1, -0.05) is 75.4 Å². The number of hydrogen-bond acceptors (Lipinski definition) is 3. The van der Waals surface area contributed by atoms with Crippen molar-refractivity contribution in [3.05, 3.63) is 102 Å². The Morgan fingerprint density at radius 1 is 0.871 bits per heavy atom. The highest BCUT2D eigenvalue weighted by molar-refractivity contribution is 6.04. The van der Waals surface area contributed by atoms with E-state index >= 15 is 0 Å².